The number of carbonyl (C=O) groups excluding carboxylic acids is 2. The Bertz CT molecular complexity index is 1100. The van der Waals surface area contributed by atoms with E-state index >= 15 is 0 Å². The maximum atomic E-state index is 12.9. The molecule has 0 heterocycles. The zero-order valence-corrected chi connectivity index (χ0v) is 23.2. The van der Waals surface area contributed by atoms with Crippen molar-refractivity contribution in [1.29, 1.82) is 0 Å². The maximum Gasteiger partial charge on any atom is 0.305 e. The first-order valence-electron chi connectivity index (χ1n) is 12.7. The highest BCUT2D eigenvalue weighted by atomic mass is 32.2. The minimum absolute atomic E-state index is 0.0997. The lowest BCUT2D eigenvalue weighted by Crippen LogP contribution is -2.34. The van der Waals surface area contributed by atoms with Crippen molar-refractivity contribution in [2.75, 3.05) is 25.0 Å². The molecular weight excluding hydrogens is 510 g/mol. The average molecular weight is 548 g/mol. The van der Waals surface area contributed by atoms with Gasteiger partial charge in [0.05, 0.1) is 11.5 Å². The number of hydrogen-bond acceptors (Lipinski definition) is 6. The van der Waals surface area contributed by atoms with Gasteiger partial charge < -0.3 is 15.4 Å². The molecule has 202 valence electrons. The van der Waals surface area contributed by atoms with E-state index in [4.69, 9.17) is 17.0 Å². The van der Waals surface area contributed by atoms with Crippen LogP contribution in [0.2, 0.25) is 0 Å². The van der Waals surface area contributed by atoms with Gasteiger partial charge in [0.2, 0.25) is 15.9 Å². The van der Waals surface area contributed by atoms with Crippen LogP contribution in [0, 0.1) is 0 Å². The molecule has 0 atom stereocenters. The Kier molecular flexibility index (Phi) is 13.2. The van der Waals surface area contributed by atoms with Crippen LogP contribution in [0.25, 0.3) is 0 Å². The summed E-state index contributed by atoms with van der Waals surface area (Å²) in [4.78, 5) is 24.2. The number of ether oxygens (including phenoxy) is 1. The Balaban J connectivity index is 1.69. The first-order chi connectivity index (χ1) is 17.8. The number of benzene rings is 2. The summed E-state index contributed by atoms with van der Waals surface area (Å²) in [5.74, 6) is -0.642. The molecule has 0 radical (unpaired) electrons. The highest BCUT2D eigenvalue weighted by Gasteiger charge is 2.22. The van der Waals surface area contributed by atoms with Crippen molar-refractivity contribution in [2.45, 2.75) is 63.7 Å². The summed E-state index contributed by atoms with van der Waals surface area (Å²) in [5.41, 5.74) is 1.76. The molecule has 2 N–H and O–H groups in total. The fourth-order valence-corrected chi connectivity index (χ4v) is 5.49. The number of carbonyl (C=O) groups is 2. The molecule has 0 saturated carbocycles. The van der Waals surface area contributed by atoms with Crippen molar-refractivity contribution in [3.8, 4) is 0 Å². The molecule has 0 spiro atoms. The van der Waals surface area contributed by atoms with Gasteiger partial charge in [-0.25, -0.2) is 8.42 Å². The van der Waals surface area contributed by atoms with E-state index in [0.29, 0.717) is 31.8 Å². The SMILES string of the molecule is CCCN(CCC)S(=O)(=O)c1ccc(NC(=S)NC(=O)CCCC(=O)OCCCc2ccccc2)cc1. The molecule has 0 saturated heterocycles. The van der Waals surface area contributed by atoms with Crippen LogP contribution < -0.4 is 10.6 Å². The Morgan fingerprint density at radius 3 is 2.19 bits per heavy atom. The monoisotopic (exact) mass is 547 g/mol. The standard InChI is InChI=1S/C27H37N3O5S2/c1-3-19-30(20-4-2)37(33,34)24-17-15-23(16-18-24)28-27(36)29-25(31)13-8-14-26(32)35-21-9-12-22-10-6-5-7-11-22/h5-7,10-11,15-18H,3-4,8-9,12-14,19-21H2,1-2H3,(H2,28,29,31,36). The molecule has 2 aromatic rings. The number of hydrogen-bond donors (Lipinski definition) is 2. The number of rotatable bonds is 15. The predicted molar refractivity (Wildman–Crippen MR) is 150 cm³/mol. The number of anilines is 1. The number of thiocarbonyl (C=S) groups is 1. The van der Waals surface area contributed by atoms with Crippen LogP contribution in [0.15, 0.2) is 59.5 Å². The van der Waals surface area contributed by atoms with Crippen LogP contribution >= 0.6 is 12.2 Å². The molecule has 0 aliphatic rings. The molecule has 1 amide bonds. The van der Waals surface area contributed by atoms with Crippen molar-refractivity contribution in [3.05, 3.63) is 60.2 Å². The van der Waals surface area contributed by atoms with Gasteiger partial charge in [0.1, 0.15) is 0 Å². The summed E-state index contributed by atoms with van der Waals surface area (Å²) in [6.45, 7) is 5.18. The third-order valence-corrected chi connectivity index (χ3v) is 7.57. The largest absolute Gasteiger partial charge is 0.466 e. The van der Waals surface area contributed by atoms with E-state index < -0.39 is 10.0 Å². The summed E-state index contributed by atoms with van der Waals surface area (Å²) in [6, 6.07) is 16.2. The fraction of sp³-hybridized carbons (Fsp3) is 0.444. The van der Waals surface area contributed by atoms with Crippen LogP contribution in [-0.2, 0) is 30.8 Å². The molecule has 0 aliphatic heterocycles. The number of amides is 1. The lowest BCUT2D eigenvalue weighted by Gasteiger charge is -2.21. The van der Waals surface area contributed by atoms with Crippen LogP contribution in [0.1, 0.15) is 57.9 Å². The smallest absolute Gasteiger partial charge is 0.305 e. The number of aryl methyl sites for hydroxylation is 1. The topological polar surface area (TPSA) is 105 Å². The molecule has 0 bridgehead atoms. The summed E-state index contributed by atoms with van der Waals surface area (Å²) in [7, 11) is -3.56. The second-order valence-corrected chi connectivity index (χ2v) is 10.9. The van der Waals surface area contributed by atoms with E-state index in [1.807, 2.05) is 44.2 Å². The quantitative estimate of drug-likeness (QED) is 0.190. The number of sulfonamides is 1. The highest BCUT2D eigenvalue weighted by molar-refractivity contribution is 7.89. The fourth-order valence-electron chi connectivity index (χ4n) is 3.63. The third kappa shape index (κ3) is 11.0. The van der Waals surface area contributed by atoms with Gasteiger partial charge in [0, 0.05) is 31.6 Å². The van der Waals surface area contributed by atoms with E-state index in [0.717, 1.165) is 25.7 Å². The summed E-state index contributed by atoms with van der Waals surface area (Å²) < 4.78 is 32.4. The maximum absolute atomic E-state index is 12.9. The second-order valence-electron chi connectivity index (χ2n) is 8.59. The highest BCUT2D eigenvalue weighted by Crippen LogP contribution is 2.19. The first-order valence-corrected chi connectivity index (χ1v) is 14.5. The minimum Gasteiger partial charge on any atom is -0.466 e. The normalized spacial score (nSPS) is 11.2. The van der Waals surface area contributed by atoms with E-state index in [-0.39, 0.29) is 34.7 Å². The van der Waals surface area contributed by atoms with Crippen molar-refractivity contribution < 1.29 is 22.7 Å². The van der Waals surface area contributed by atoms with Gasteiger partial charge in [-0.05, 0) is 74.2 Å². The summed E-state index contributed by atoms with van der Waals surface area (Å²) in [5, 5.41) is 5.55. The zero-order valence-electron chi connectivity index (χ0n) is 21.6. The van der Waals surface area contributed by atoms with Crippen LogP contribution in [0.5, 0.6) is 0 Å². The van der Waals surface area contributed by atoms with Crippen molar-refractivity contribution >= 4 is 44.9 Å². The molecule has 37 heavy (non-hydrogen) atoms. The number of nitrogens with zero attached hydrogens (tertiary/aromatic N) is 1. The van der Waals surface area contributed by atoms with Gasteiger partial charge in [0.15, 0.2) is 5.11 Å². The molecule has 8 nitrogen and oxygen atoms in total. The van der Waals surface area contributed by atoms with Gasteiger partial charge in [-0.15, -0.1) is 0 Å². The summed E-state index contributed by atoms with van der Waals surface area (Å²) in [6.07, 6.45) is 3.70. The molecule has 2 aromatic carbocycles. The van der Waals surface area contributed by atoms with Gasteiger partial charge >= 0.3 is 5.97 Å². The van der Waals surface area contributed by atoms with E-state index in [1.165, 1.54) is 22.0 Å². The molecule has 2 rings (SSSR count). The molecule has 0 fully saturated rings. The van der Waals surface area contributed by atoms with Gasteiger partial charge in [0.25, 0.3) is 0 Å². The Hall–Kier alpha value is -2.82. The van der Waals surface area contributed by atoms with Crippen molar-refractivity contribution in [3.63, 3.8) is 0 Å². The Morgan fingerprint density at radius 1 is 0.919 bits per heavy atom. The van der Waals surface area contributed by atoms with Crippen LogP contribution in [-0.4, -0.2) is 49.4 Å². The number of nitrogens with one attached hydrogen (secondary N) is 2. The molecule has 0 aliphatic carbocycles. The third-order valence-electron chi connectivity index (χ3n) is 5.45. The molecule has 10 heteroatoms. The van der Waals surface area contributed by atoms with Crippen molar-refractivity contribution in [1.82, 2.24) is 9.62 Å². The van der Waals surface area contributed by atoms with Crippen LogP contribution in [0.4, 0.5) is 5.69 Å². The van der Waals surface area contributed by atoms with Gasteiger partial charge in [-0.3, -0.25) is 9.59 Å². The molecular formula is C27H37N3O5S2. The molecule has 0 unspecified atom stereocenters. The molecule has 0 aromatic heterocycles. The predicted octanol–water partition coefficient (Wildman–Crippen LogP) is 4.66. The Labute approximate surface area is 225 Å². The number of esters is 1. The zero-order chi connectivity index (χ0) is 27.1. The minimum atomic E-state index is -3.56. The first kappa shape index (κ1) is 30.4. The average Bonchev–Trinajstić information content (AvgIpc) is 2.87. The van der Waals surface area contributed by atoms with E-state index in [2.05, 4.69) is 10.6 Å². The lowest BCUT2D eigenvalue weighted by atomic mass is 10.1. The summed E-state index contributed by atoms with van der Waals surface area (Å²) >= 11 is 5.18. The Morgan fingerprint density at radius 2 is 1.57 bits per heavy atom. The lowest BCUT2D eigenvalue weighted by molar-refractivity contribution is -0.143. The second kappa shape index (κ2) is 16.1. The van der Waals surface area contributed by atoms with Gasteiger partial charge in [-0.2, -0.15) is 4.31 Å². The van der Waals surface area contributed by atoms with E-state index in [9.17, 15) is 18.0 Å². The van der Waals surface area contributed by atoms with Crippen LogP contribution in [0.3, 0.4) is 0 Å². The van der Waals surface area contributed by atoms with Crippen molar-refractivity contribution in [2.24, 2.45) is 0 Å². The van der Waals surface area contributed by atoms with Gasteiger partial charge in [-0.1, -0.05) is 44.2 Å². The van der Waals surface area contributed by atoms with E-state index in [1.54, 1.807) is 12.1 Å².